The number of aliphatic imine (C=N–C) groups is 1. The van der Waals surface area contributed by atoms with Crippen molar-refractivity contribution in [3.8, 4) is 0 Å². The number of nitrogens with zero attached hydrogens (tertiary/aromatic N) is 1. The number of rotatable bonds is 10. The average Bonchev–Trinajstić information content (AvgIpc) is 3.03. The van der Waals surface area contributed by atoms with Gasteiger partial charge in [-0.15, -0.1) is 11.3 Å². The molecule has 21 heavy (non-hydrogen) atoms. The van der Waals surface area contributed by atoms with E-state index in [0.29, 0.717) is 5.92 Å². The third-order valence-electron chi connectivity index (χ3n) is 3.23. The number of hydrogen-bond donors (Lipinski definition) is 2. The summed E-state index contributed by atoms with van der Waals surface area (Å²) in [6.45, 7) is 7.88. The molecule has 1 unspecified atom stereocenters. The van der Waals surface area contributed by atoms with Crippen LogP contribution in [0.4, 0.5) is 0 Å². The highest BCUT2D eigenvalue weighted by Gasteiger charge is 2.07. The molecule has 0 saturated heterocycles. The van der Waals surface area contributed by atoms with Crippen LogP contribution in [0.2, 0.25) is 0 Å². The van der Waals surface area contributed by atoms with E-state index in [1.165, 1.54) is 11.3 Å². The second-order valence-electron chi connectivity index (χ2n) is 5.12. The van der Waals surface area contributed by atoms with Crippen molar-refractivity contribution >= 4 is 17.3 Å². The average molecular weight is 311 g/mol. The third kappa shape index (κ3) is 8.07. The van der Waals surface area contributed by atoms with E-state index < -0.39 is 0 Å². The van der Waals surface area contributed by atoms with Crippen LogP contribution in [0.1, 0.15) is 43.9 Å². The van der Waals surface area contributed by atoms with Gasteiger partial charge in [-0.05, 0) is 24.3 Å². The van der Waals surface area contributed by atoms with Crippen LogP contribution in [0.5, 0.6) is 0 Å². The van der Waals surface area contributed by atoms with Crippen LogP contribution in [0.15, 0.2) is 22.5 Å². The number of guanidine groups is 1. The van der Waals surface area contributed by atoms with Gasteiger partial charge in [0, 0.05) is 44.1 Å². The van der Waals surface area contributed by atoms with Crippen molar-refractivity contribution < 1.29 is 4.74 Å². The lowest BCUT2D eigenvalue weighted by Gasteiger charge is -2.15. The first kappa shape index (κ1) is 18.0. The molecule has 2 N–H and O–H groups in total. The lowest BCUT2D eigenvalue weighted by Crippen LogP contribution is -2.39. The summed E-state index contributed by atoms with van der Waals surface area (Å²) in [5.41, 5.74) is 0. The standard InChI is InChI=1S/C16H29N3OS/c1-4-5-10-20-11-7-9-18-16(17-3)19-13-14(2)15-8-6-12-21-15/h6,8,12,14H,4-5,7,9-11,13H2,1-3H3,(H2,17,18,19). The van der Waals surface area contributed by atoms with Crippen molar-refractivity contribution in [1.82, 2.24) is 10.6 Å². The molecule has 1 rings (SSSR count). The number of thiophene rings is 1. The molecule has 1 aromatic heterocycles. The summed E-state index contributed by atoms with van der Waals surface area (Å²) in [5, 5.41) is 8.82. The van der Waals surface area contributed by atoms with Crippen LogP contribution in [0.25, 0.3) is 0 Å². The van der Waals surface area contributed by atoms with E-state index in [1.54, 1.807) is 11.3 Å². The SMILES string of the molecule is CCCCOCCCNC(=NC)NCC(C)c1cccs1. The van der Waals surface area contributed by atoms with Gasteiger partial charge in [0.2, 0.25) is 0 Å². The maximum Gasteiger partial charge on any atom is 0.190 e. The molecule has 0 aliphatic carbocycles. The number of ether oxygens (including phenoxy) is 1. The molecule has 1 heterocycles. The molecule has 0 radical (unpaired) electrons. The lowest BCUT2D eigenvalue weighted by atomic mass is 10.1. The fraction of sp³-hybridized carbons (Fsp3) is 0.688. The zero-order valence-electron chi connectivity index (χ0n) is 13.5. The van der Waals surface area contributed by atoms with Crippen LogP contribution >= 0.6 is 11.3 Å². The topological polar surface area (TPSA) is 45.6 Å². The molecule has 0 fully saturated rings. The first-order chi connectivity index (χ1) is 10.3. The minimum absolute atomic E-state index is 0.501. The Morgan fingerprint density at radius 3 is 2.81 bits per heavy atom. The molecule has 1 atom stereocenters. The molecule has 0 amide bonds. The molecule has 120 valence electrons. The van der Waals surface area contributed by atoms with Crippen LogP contribution in [-0.2, 0) is 4.74 Å². The maximum absolute atomic E-state index is 5.54. The van der Waals surface area contributed by atoms with E-state index >= 15 is 0 Å². The van der Waals surface area contributed by atoms with Gasteiger partial charge in [0.25, 0.3) is 0 Å². The molecule has 0 aliphatic heterocycles. The predicted octanol–water partition coefficient (Wildman–Crippen LogP) is 3.22. The Balaban J connectivity index is 2.09. The first-order valence-electron chi connectivity index (χ1n) is 7.83. The highest BCUT2D eigenvalue weighted by atomic mass is 32.1. The molecule has 4 nitrogen and oxygen atoms in total. The van der Waals surface area contributed by atoms with E-state index in [1.807, 2.05) is 7.05 Å². The highest BCUT2D eigenvalue weighted by Crippen LogP contribution is 2.19. The molecule has 0 spiro atoms. The quantitative estimate of drug-likeness (QED) is 0.396. The van der Waals surface area contributed by atoms with Gasteiger partial charge in [0.1, 0.15) is 0 Å². The van der Waals surface area contributed by atoms with Crippen LogP contribution in [0, 0.1) is 0 Å². The van der Waals surface area contributed by atoms with E-state index in [4.69, 9.17) is 4.74 Å². The maximum atomic E-state index is 5.54. The van der Waals surface area contributed by atoms with Gasteiger partial charge in [0.15, 0.2) is 5.96 Å². The highest BCUT2D eigenvalue weighted by molar-refractivity contribution is 7.10. The second-order valence-corrected chi connectivity index (χ2v) is 6.10. The molecule has 5 heteroatoms. The van der Waals surface area contributed by atoms with Gasteiger partial charge < -0.3 is 15.4 Å². The largest absolute Gasteiger partial charge is 0.381 e. The summed E-state index contributed by atoms with van der Waals surface area (Å²) in [6, 6.07) is 4.28. The van der Waals surface area contributed by atoms with E-state index in [0.717, 1.165) is 45.1 Å². The Labute approximate surface area is 133 Å². The monoisotopic (exact) mass is 311 g/mol. The summed E-state index contributed by atoms with van der Waals surface area (Å²) in [6.07, 6.45) is 3.35. The number of nitrogens with one attached hydrogen (secondary N) is 2. The second kappa shape index (κ2) is 11.6. The summed E-state index contributed by atoms with van der Waals surface area (Å²) in [7, 11) is 1.81. The number of hydrogen-bond acceptors (Lipinski definition) is 3. The first-order valence-corrected chi connectivity index (χ1v) is 8.71. The number of unbranched alkanes of at least 4 members (excludes halogenated alkanes) is 1. The van der Waals surface area contributed by atoms with Gasteiger partial charge in [-0.2, -0.15) is 0 Å². The summed E-state index contributed by atoms with van der Waals surface area (Å²) < 4.78 is 5.54. The Bertz CT molecular complexity index is 379. The summed E-state index contributed by atoms with van der Waals surface area (Å²) in [5.74, 6) is 1.37. The van der Waals surface area contributed by atoms with Crippen molar-refractivity contribution in [3.63, 3.8) is 0 Å². The lowest BCUT2D eigenvalue weighted by molar-refractivity contribution is 0.129. The van der Waals surface area contributed by atoms with Crippen molar-refractivity contribution in [2.45, 2.75) is 39.0 Å². The van der Waals surface area contributed by atoms with Crippen molar-refractivity contribution in [3.05, 3.63) is 22.4 Å². The molecular formula is C16H29N3OS. The molecule has 1 aromatic rings. The van der Waals surface area contributed by atoms with Crippen LogP contribution in [0.3, 0.4) is 0 Å². The smallest absolute Gasteiger partial charge is 0.190 e. The van der Waals surface area contributed by atoms with Gasteiger partial charge in [-0.25, -0.2) is 0 Å². The zero-order chi connectivity index (χ0) is 15.3. The molecule has 0 saturated carbocycles. The normalized spacial score (nSPS) is 13.2. The molecular weight excluding hydrogens is 282 g/mol. The van der Waals surface area contributed by atoms with Crippen LogP contribution in [-0.4, -0.2) is 39.3 Å². The van der Waals surface area contributed by atoms with E-state index in [-0.39, 0.29) is 0 Å². The van der Waals surface area contributed by atoms with Crippen LogP contribution < -0.4 is 10.6 Å². The minimum Gasteiger partial charge on any atom is -0.381 e. The summed E-state index contributed by atoms with van der Waals surface area (Å²) in [4.78, 5) is 5.65. The van der Waals surface area contributed by atoms with Gasteiger partial charge >= 0.3 is 0 Å². The molecule has 0 aliphatic rings. The predicted molar refractivity (Wildman–Crippen MR) is 92.4 cm³/mol. The Morgan fingerprint density at radius 2 is 2.14 bits per heavy atom. The van der Waals surface area contributed by atoms with Gasteiger partial charge in [-0.3, -0.25) is 4.99 Å². The minimum atomic E-state index is 0.501. The van der Waals surface area contributed by atoms with E-state index in [2.05, 4.69) is 47.0 Å². The van der Waals surface area contributed by atoms with Crippen molar-refractivity contribution in [1.29, 1.82) is 0 Å². The molecule has 0 bridgehead atoms. The van der Waals surface area contributed by atoms with Crippen molar-refractivity contribution in [2.75, 3.05) is 33.4 Å². The van der Waals surface area contributed by atoms with Gasteiger partial charge in [0.05, 0.1) is 0 Å². The third-order valence-corrected chi connectivity index (χ3v) is 4.33. The Kier molecular flexibility index (Phi) is 9.91. The van der Waals surface area contributed by atoms with E-state index in [9.17, 15) is 0 Å². The summed E-state index contributed by atoms with van der Waals surface area (Å²) >= 11 is 1.80. The fourth-order valence-corrected chi connectivity index (χ4v) is 2.66. The zero-order valence-corrected chi connectivity index (χ0v) is 14.3. The van der Waals surface area contributed by atoms with Crippen molar-refractivity contribution in [2.24, 2.45) is 4.99 Å². The van der Waals surface area contributed by atoms with Gasteiger partial charge in [-0.1, -0.05) is 26.3 Å². The fourth-order valence-electron chi connectivity index (χ4n) is 1.87. The Morgan fingerprint density at radius 1 is 1.33 bits per heavy atom. The Hall–Kier alpha value is -1.07. The molecule has 0 aromatic carbocycles.